The SMILES string of the molecule is O=C(Nc1ccncc1)c1cccc(Nc2cnccn2)c1. The largest absolute Gasteiger partial charge is 0.339 e. The molecule has 2 aromatic heterocycles. The molecular weight excluding hydrogens is 278 g/mol. The summed E-state index contributed by atoms with van der Waals surface area (Å²) in [5.41, 5.74) is 2.01. The molecule has 22 heavy (non-hydrogen) atoms. The maximum atomic E-state index is 12.2. The molecule has 0 unspecified atom stereocenters. The lowest BCUT2D eigenvalue weighted by molar-refractivity contribution is 0.102. The van der Waals surface area contributed by atoms with E-state index in [0.717, 1.165) is 5.69 Å². The molecule has 0 aliphatic carbocycles. The topological polar surface area (TPSA) is 79.8 Å². The first-order valence-electron chi connectivity index (χ1n) is 6.66. The van der Waals surface area contributed by atoms with Crippen LogP contribution in [-0.4, -0.2) is 20.9 Å². The number of aromatic nitrogens is 3. The van der Waals surface area contributed by atoms with Gasteiger partial charge in [0.25, 0.3) is 5.91 Å². The summed E-state index contributed by atoms with van der Waals surface area (Å²) in [5.74, 6) is 0.434. The van der Waals surface area contributed by atoms with Crippen molar-refractivity contribution in [1.29, 1.82) is 0 Å². The summed E-state index contributed by atoms with van der Waals surface area (Å²) in [5, 5.41) is 5.91. The average Bonchev–Trinajstić information content (AvgIpc) is 2.57. The maximum Gasteiger partial charge on any atom is 0.255 e. The third kappa shape index (κ3) is 3.43. The third-order valence-electron chi connectivity index (χ3n) is 2.90. The highest BCUT2D eigenvalue weighted by Gasteiger charge is 2.07. The van der Waals surface area contributed by atoms with E-state index < -0.39 is 0 Å². The number of hydrogen-bond acceptors (Lipinski definition) is 5. The lowest BCUT2D eigenvalue weighted by Gasteiger charge is -2.08. The van der Waals surface area contributed by atoms with Gasteiger partial charge in [0.2, 0.25) is 0 Å². The highest BCUT2D eigenvalue weighted by Crippen LogP contribution is 2.16. The first kappa shape index (κ1) is 13.7. The van der Waals surface area contributed by atoms with Crippen molar-refractivity contribution in [2.75, 3.05) is 10.6 Å². The van der Waals surface area contributed by atoms with E-state index in [4.69, 9.17) is 0 Å². The van der Waals surface area contributed by atoms with Crippen LogP contribution < -0.4 is 10.6 Å². The first-order valence-corrected chi connectivity index (χ1v) is 6.66. The van der Waals surface area contributed by atoms with Gasteiger partial charge in [0, 0.05) is 41.7 Å². The van der Waals surface area contributed by atoms with Crippen LogP contribution in [0, 0.1) is 0 Å². The second-order valence-electron chi connectivity index (χ2n) is 4.49. The monoisotopic (exact) mass is 291 g/mol. The number of pyridine rings is 1. The number of rotatable bonds is 4. The van der Waals surface area contributed by atoms with Crippen LogP contribution in [-0.2, 0) is 0 Å². The fourth-order valence-electron chi connectivity index (χ4n) is 1.89. The number of anilines is 3. The fourth-order valence-corrected chi connectivity index (χ4v) is 1.89. The summed E-state index contributed by atoms with van der Waals surface area (Å²) in [6.07, 6.45) is 8.07. The standard InChI is InChI=1S/C16H13N5O/c22-16(21-13-4-6-17-7-5-13)12-2-1-3-14(10-12)20-15-11-18-8-9-19-15/h1-11H,(H,19,20)(H,17,21,22). The van der Waals surface area contributed by atoms with E-state index in [1.165, 1.54) is 0 Å². The van der Waals surface area contributed by atoms with Gasteiger partial charge >= 0.3 is 0 Å². The number of nitrogens with one attached hydrogen (secondary N) is 2. The smallest absolute Gasteiger partial charge is 0.255 e. The van der Waals surface area contributed by atoms with Gasteiger partial charge in [-0.15, -0.1) is 0 Å². The summed E-state index contributed by atoms with van der Waals surface area (Å²) in [7, 11) is 0. The van der Waals surface area contributed by atoms with Crippen molar-refractivity contribution < 1.29 is 4.79 Å². The minimum absolute atomic E-state index is 0.186. The van der Waals surface area contributed by atoms with Gasteiger partial charge in [-0.2, -0.15) is 0 Å². The van der Waals surface area contributed by atoms with Gasteiger partial charge in [0.15, 0.2) is 0 Å². The van der Waals surface area contributed by atoms with Gasteiger partial charge in [-0.25, -0.2) is 4.98 Å². The van der Waals surface area contributed by atoms with Crippen molar-refractivity contribution in [1.82, 2.24) is 15.0 Å². The zero-order valence-corrected chi connectivity index (χ0v) is 11.6. The number of hydrogen-bond donors (Lipinski definition) is 2. The Hall–Kier alpha value is -3.28. The van der Waals surface area contributed by atoms with E-state index in [-0.39, 0.29) is 5.91 Å². The Kier molecular flexibility index (Phi) is 4.01. The summed E-state index contributed by atoms with van der Waals surface area (Å²) < 4.78 is 0. The normalized spacial score (nSPS) is 10.0. The van der Waals surface area contributed by atoms with Gasteiger partial charge < -0.3 is 10.6 Å². The van der Waals surface area contributed by atoms with Gasteiger partial charge in [-0.3, -0.25) is 14.8 Å². The minimum atomic E-state index is -0.186. The number of carbonyl (C=O) groups is 1. The van der Waals surface area contributed by atoms with Crippen molar-refractivity contribution in [3.63, 3.8) is 0 Å². The Morgan fingerprint density at radius 3 is 2.55 bits per heavy atom. The minimum Gasteiger partial charge on any atom is -0.339 e. The Morgan fingerprint density at radius 2 is 1.77 bits per heavy atom. The summed E-state index contributed by atoms with van der Waals surface area (Å²) in [6.45, 7) is 0. The van der Waals surface area contributed by atoms with Crippen LogP contribution in [0.1, 0.15) is 10.4 Å². The first-order chi connectivity index (χ1) is 10.8. The van der Waals surface area contributed by atoms with Crippen molar-refractivity contribution in [2.45, 2.75) is 0 Å². The molecular formula is C16H13N5O. The lowest BCUT2D eigenvalue weighted by atomic mass is 10.2. The number of benzene rings is 1. The highest BCUT2D eigenvalue weighted by molar-refractivity contribution is 6.04. The Balaban J connectivity index is 1.75. The molecule has 3 rings (SSSR count). The molecule has 0 bridgehead atoms. The molecule has 1 aromatic carbocycles. The zero-order chi connectivity index (χ0) is 15.2. The maximum absolute atomic E-state index is 12.2. The number of nitrogens with zero attached hydrogens (tertiary/aromatic N) is 3. The third-order valence-corrected chi connectivity index (χ3v) is 2.90. The second-order valence-corrected chi connectivity index (χ2v) is 4.49. The van der Waals surface area contributed by atoms with Crippen molar-refractivity contribution >= 4 is 23.1 Å². The van der Waals surface area contributed by atoms with Crippen LogP contribution in [0.2, 0.25) is 0 Å². The van der Waals surface area contributed by atoms with Crippen LogP contribution in [0.4, 0.5) is 17.2 Å². The van der Waals surface area contributed by atoms with E-state index in [1.807, 2.05) is 6.07 Å². The molecule has 0 aliphatic rings. The van der Waals surface area contributed by atoms with Crippen LogP contribution in [0.3, 0.4) is 0 Å². The molecule has 0 radical (unpaired) electrons. The molecule has 0 fully saturated rings. The van der Waals surface area contributed by atoms with Crippen LogP contribution in [0.25, 0.3) is 0 Å². The van der Waals surface area contributed by atoms with E-state index in [9.17, 15) is 4.79 Å². The van der Waals surface area contributed by atoms with Crippen LogP contribution in [0.5, 0.6) is 0 Å². The number of amides is 1. The molecule has 2 heterocycles. The Morgan fingerprint density at radius 1 is 0.909 bits per heavy atom. The summed E-state index contributed by atoms with van der Waals surface area (Å²) in [6, 6.07) is 10.6. The molecule has 0 saturated heterocycles. The van der Waals surface area contributed by atoms with Crippen molar-refractivity contribution in [3.05, 3.63) is 72.9 Å². The molecule has 0 spiro atoms. The summed E-state index contributed by atoms with van der Waals surface area (Å²) in [4.78, 5) is 24.3. The molecule has 0 aliphatic heterocycles. The van der Waals surface area contributed by atoms with Gasteiger partial charge in [-0.05, 0) is 30.3 Å². The van der Waals surface area contributed by atoms with E-state index in [1.54, 1.807) is 61.3 Å². The Bertz CT molecular complexity index is 762. The van der Waals surface area contributed by atoms with Crippen molar-refractivity contribution in [2.24, 2.45) is 0 Å². The zero-order valence-electron chi connectivity index (χ0n) is 11.6. The predicted octanol–water partition coefficient (Wildman–Crippen LogP) is 2.87. The molecule has 108 valence electrons. The molecule has 6 heteroatoms. The Labute approximate surface area is 127 Å². The van der Waals surface area contributed by atoms with E-state index >= 15 is 0 Å². The fraction of sp³-hybridized carbons (Fsp3) is 0. The van der Waals surface area contributed by atoms with Crippen LogP contribution in [0.15, 0.2) is 67.4 Å². The van der Waals surface area contributed by atoms with Crippen LogP contribution >= 0.6 is 0 Å². The molecule has 3 aromatic rings. The summed E-state index contributed by atoms with van der Waals surface area (Å²) >= 11 is 0. The highest BCUT2D eigenvalue weighted by atomic mass is 16.1. The molecule has 2 N–H and O–H groups in total. The van der Waals surface area contributed by atoms with E-state index in [0.29, 0.717) is 17.1 Å². The lowest BCUT2D eigenvalue weighted by Crippen LogP contribution is -2.12. The number of carbonyl (C=O) groups excluding carboxylic acids is 1. The molecule has 0 atom stereocenters. The van der Waals surface area contributed by atoms with Gasteiger partial charge in [0.1, 0.15) is 5.82 Å². The molecule has 0 saturated carbocycles. The van der Waals surface area contributed by atoms with E-state index in [2.05, 4.69) is 25.6 Å². The predicted molar refractivity (Wildman–Crippen MR) is 83.9 cm³/mol. The van der Waals surface area contributed by atoms with Gasteiger partial charge in [0.05, 0.1) is 6.20 Å². The van der Waals surface area contributed by atoms with Crippen molar-refractivity contribution in [3.8, 4) is 0 Å². The second kappa shape index (κ2) is 6.45. The average molecular weight is 291 g/mol. The molecule has 1 amide bonds. The molecule has 6 nitrogen and oxygen atoms in total. The quantitative estimate of drug-likeness (QED) is 0.772. The van der Waals surface area contributed by atoms with Gasteiger partial charge in [-0.1, -0.05) is 6.07 Å².